The monoisotopic (exact) mass is 314 g/mol. The molecule has 0 radical (unpaired) electrons. The zero-order chi connectivity index (χ0) is 15.9. The lowest BCUT2D eigenvalue weighted by Crippen LogP contribution is -2.55. The second kappa shape index (κ2) is 5.94. The molecule has 124 valence electrons. The smallest absolute Gasteiger partial charge is 0.306 e. The summed E-state index contributed by atoms with van der Waals surface area (Å²) in [4.78, 5) is 12.3. The Hall–Kier alpha value is -1.35. The van der Waals surface area contributed by atoms with Gasteiger partial charge < -0.3 is 9.47 Å². The fraction of sp³-hybridized carbons (Fsp3) is 0.650. The second-order valence-electron chi connectivity index (χ2n) is 7.87. The fourth-order valence-electron chi connectivity index (χ4n) is 5.63. The molecule has 5 atom stereocenters. The average molecular weight is 314 g/mol. The number of hydrogen-bond acceptors (Lipinski definition) is 3. The molecule has 4 fully saturated rings. The summed E-state index contributed by atoms with van der Waals surface area (Å²) in [5.74, 6) is 2.62. The predicted octanol–water partition coefficient (Wildman–Crippen LogP) is 3.96. The SMILES string of the molecule is COC12CC3C[C@H](C1)C(CC(=O)OCc1ccccc1)[C@@H](C3)C2. The van der Waals surface area contributed by atoms with Gasteiger partial charge in [-0.3, -0.25) is 4.79 Å². The lowest BCUT2D eigenvalue weighted by molar-refractivity contribution is -0.177. The summed E-state index contributed by atoms with van der Waals surface area (Å²) in [6.07, 6.45) is 6.70. The maximum absolute atomic E-state index is 12.3. The number of rotatable bonds is 5. The second-order valence-corrected chi connectivity index (χ2v) is 7.87. The maximum Gasteiger partial charge on any atom is 0.306 e. The normalized spacial score (nSPS) is 37.8. The van der Waals surface area contributed by atoms with E-state index in [0.29, 0.717) is 30.8 Å². The molecule has 3 unspecified atom stereocenters. The number of hydrogen-bond donors (Lipinski definition) is 0. The number of carbonyl (C=O) groups is 1. The molecule has 0 saturated heterocycles. The topological polar surface area (TPSA) is 35.5 Å². The summed E-state index contributed by atoms with van der Waals surface area (Å²) in [5.41, 5.74) is 1.19. The molecule has 3 heteroatoms. The van der Waals surface area contributed by atoms with Crippen LogP contribution in [0.25, 0.3) is 0 Å². The van der Waals surface area contributed by atoms with Crippen LogP contribution >= 0.6 is 0 Å². The first kappa shape index (κ1) is 15.2. The number of ether oxygens (including phenoxy) is 2. The van der Waals surface area contributed by atoms with Crippen LogP contribution in [0.15, 0.2) is 30.3 Å². The van der Waals surface area contributed by atoms with Crippen LogP contribution in [0.2, 0.25) is 0 Å². The van der Waals surface area contributed by atoms with E-state index in [0.717, 1.165) is 24.3 Å². The van der Waals surface area contributed by atoms with E-state index >= 15 is 0 Å². The molecule has 3 nitrogen and oxygen atoms in total. The van der Waals surface area contributed by atoms with Gasteiger partial charge in [-0.15, -0.1) is 0 Å². The Morgan fingerprint density at radius 3 is 2.48 bits per heavy atom. The third-order valence-corrected chi connectivity index (χ3v) is 6.49. The average Bonchev–Trinajstić information content (AvgIpc) is 2.57. The Morgan fingerprint density at radius 1 is 1.13 bits per heavy atom. The molecule has 0 heterocycles. The van der Waals surface area contributed by atoms with E-state index in [1.807, 2.05) is 37.4 Å². The highest BCUT2D eigenvalue weighted by Gasteiger charge is 2.55. The molecule has 0 aliphatic heterocycles. The molecule has 0 spiro atoms. The van der Waals surface area contributed by atoms with Crippen molar-refractivity contribution in [1.82, 2.24) is 0 Å². The van der Waals surface area contributed by atoms with Crippen molar-refractivity contribution in [3.63, 3.8) is 0 Å². The van der Waals surface area contributed by atoms with Gasteiger partial charge in [-0.2, -0.15) is 0 Å². The molecular formula is C20H26O3. The molecule has 4 aliphatic carbocycles. The molecule has 0 N–H and O–H groups in total. The molecule has 1 aromatic carbocycles. The lowest BCUT2D eigenvalue weighted by atomic mass is 9.49. The zero-order valence-corrected chi connectivity index (χ0v) is 13.9. The molecule has 1 aromatic rings. The first-order chi connectivity index (χ1) is 11.2. The van der Waals surface area contributed by atoms with E-state index in [9.17, 15) is 4.79 Å². The summed E-state index contributed by atoms with van der Waals surface area (Å²) in [7, 11) is 1.87. The van der Waals surface area contributed by atoms with Crippen LogP contribution in [0, 0.1) is 23.7 Å². The molecule has 5 rings (SSSR count). The van der Waals surface area contributed by atoms with E-state index < -0.39 is 0 Å². The fourth-order valence-corrected chi connectivity index (χ4v) is 5.63. The Balaban J connectivity index is 1.35. The van der Waals surface area contributed by atoms with Gasteiger partial charge in [0.05, 0.1) is 5.60 Å². The van der Waals surface area contributed by atoms with Gasteiger partial charge in [0.25, 0.3) is 0 Å². The van der Waals surface area contributed by atoms with Gasteiger partial charge in [-0.1, -0.05) is 30.3 Å². The van der Waals surface area contributed by atoms with Crippen LogP contribution in [-0.4, -0.2) is 18.7 Å². The standard InChI is InChI=1S/C20H26O3/c1-22-20-10-15-7-16(11-20)18(17(8-15)12-20)9-19(21)23-13-14-5-3-2-4-6-14/h2-6,15-18H,7-13H2,1H3/t15?,16-,17+,18?,20?. The Kier molecular flexibility index (Phi) is 3.92. The van der Waals surface area contributed by atoms with Crippen LogP contribution < -0.4 is 0 Å². The number of carbonyl (C=O) groups excluding carboxylic acids is 1. The Labute approximate surface area is 138 Å². The van der Waals surface area contributed by atoms with Crippen LogP contribution in [0.3, 0.4) is 0 Å². The highest BCUT2D eigenvalue weighted by molar-refractivity contribution is 5.69. The van der Waals surface area contributed by atoms with Gasteiger partial charge >= 0.3 is 5.97 Å². The molecule has 0 aromatic heterocycles. The van der Waals surface area contributed by atoms with Crippen molar-refractivity contribution in [2.45, 2.75) is 50.7 Å². The first-order valence-electron chi connectivity index (χ1n) is 8.92. The molecular weight excluding hydrogens is 288 g/mol. The van der Waals surface area contributed by atoms with Crippen LogP contribution in [0.4, 0.5) is 0 Å². The van der Waals surface area contributed by atoms with E-state index in [1.54, 1.807) is 0 Å². The minimum absolute atomic E-state index is 0.0298. The Bertz CT molecular complexity index is 552. The summed E-state index contributed by atoms with van der Waals surface area (Å²) < 4.78 is 11.4. The molecule has 4 aliphatic rings. The molecule has 0 amide bonds. The lowest BCUT2D eigenvalue weighted by Gasteiger charge is -2.59. The number of methoxy groups -OCH3 is 1. The van der Waals surface area contributed by atoms with E-state index in [2.05, 4.69) is 0 Å². The van der Waals surface area contributed by atoms with Crippen molar-refractivity contribution in [3.8, 4) is 0 Å². The summed E-state index contributed by atoms with van der Waals surface area (Å²) in [5, 5.41) is 0. The van der Waals surface area contributed by atoms with Gasteiger partial charge in [0.15, 0.2) is 0 Å². The van der Waals surface area contributed by atoms with Crippen molar-refractivity contribution in [1.29, 1.82) is 0 Å². The summed E-state index contributed by atoms with van der Waals surface area (Å²) in [6.45, 7) is 0.395. The third-order valence-electron chi connectivity index (χ3n) is 6.49. The number of benzene rings is 1. The van der Waals surface area contributed by atoms with E-state index in [1.165, 1.54) is 19.3 Å². The van der Waals surface area contributed by atoms with Crippen molar-refractivity contribution < 1.29 is 14.3 Å². The predicted molar refractivity (Wildman–Crippen MR) is 87.6 cm³/mol. The van der Waals surface area contributed by atoms with E-state index in [-0.39, 0.29) is 11.6 Å². The minimum atomic E-state index is -0.0298. The largest absolute Gasteiger partial charge is 0.461 e. The Morgan fingerprint density at radius 2 is 1.83 bits per heavy atom. The summed E-state index contributed by atoms with van der Waals surface area (Å²) in [6, 6.07) is 9.93. The van der Waals surface area contributed by atoms with Crippen molar-refractivity contribution in [2.75, 3.05) is 7.11 Å². The van der Waals surface area contributed by atoms with Gasteiger partial charge in [-0.25, -0.2) is 0 Å². The summed E-state index contributed by atoms with van der Waals surface area (Å²) >= 11 is 0. The highest BCUT2D eigenvalue weighted by atomic mass is 16.5. The van der Waals surface area contributed by atoms with Crippen LogP contribution in [-0.2, 0) is 20.9 Å². The van der Waals surface area contributed by atoms with Crippen molar-refractivity contribution >= 4 is 5.97 Å². The number of esters is 1. The highest BCUT2D eigenvalue weighted by Crippen LogP contribution is 2.60. The van der Waals surface area contributed by atoms with E-state index in [4.69, 9.17) is 9.47 Å². The first-order valence-corrected chi connectivity index (χ1v) is 8.92. The van der Waals surface area contributed by atoms with Crippen LogP contribution in [0.1, 0.15) is 44.1 Å². The van der Waals surface area contributed by atoms with Crippen molar-refractivity contribution in [3.05, 3.63) is 35.9 Å². The third kappa shape index (κ3) is 2.91. The molecule has 4 bridgehead atoms. The van der Waals surface area contributed by atoms with Crippen molar-refractivity contribution in [2.24, 2.45) is 23.7 Å². The minimum Gasteiger partial charge on any atom is -0.461 e. The molecule has 23 heavy (non-hydrogen) atoms. The van der Waals surface area contributed by atoms with Gasteiger partial charge in [0, 0.05) is 13.5 Å². The maximum atomic E-state index is 12.3. The van der Waals surface area contributed by atoms with Gasteiger partial charge in [-0.05, 0) is 61.3 Å². The van der Waals surface area contributed by atoms with Gasteiger partial charge in [0.2, 0.25) is 0 Å². The molecule has 4 saturated carbocycles. The van der Waals surface area contributed by atoms with Gasteiger partial charge in [0.1, 0.15) is 6.61 Å². The zero-order valence-electron chi connectivity index (χ0n) is 13.9. The van der Waals surface area contributed by atoms with Crippen LogP contribution in [0.5, 0.6) is 0 Å². The quantitative estimate of drug-likeness (QED) is 0.772.